The lowest BCUT2D eigenvalue weighted by molar-refractivity contribution is -0.146. The molecule has 0 saturated heterocycles. The molecule has 0 aliphatic rings. The van der Waals surface area contributed by atoms with Crippen LogP contribution in [0.1, 0.15) is 6.92 Å². The van der Waals surface area contributed by atoms with Gasteiger partial charge in [0.15, 0.2) is 0 Å². The molecule has 0 rings (SSSR count). The van der Waals surface area contributed by atoms with E-state index < -0.39 is 23.2 Å². The molecule has 0 aliphatic carbocycles. The number of hydrogen-bond donors (Lipinski definition) is 1. The first kappa shape index (κ1) is 10.2. The minimum absolute atomic E-state index is 0.538. The van der Waals surface area contributed by atoms with E-state index >= 15 is 0 Å². The van der Waals surface area contributed by atoms with E-state index in [0.29, 0.717) is 0 Å². The fourth-order valence-electron chi connectivity index (χ4n) is 0.552. The van der Waals surface area contributed by atoms with Crippen molar-refractivity contribution in [3.05, 3.63) is 0 Å². The molecule has 64 valence electrons. The number of halogens is 1. The van der Waals surface area contributed by atoms with E-state index in [-0.39, 0.29) is 0 Å². The highest BCUT2D eigenvalue weighted by atomic mass is 35.5. The summed E-state index contributed by atoms with van der Waals surface area (Å²) in [6, 6.07) is 0. The van der Waals surface area contributed by atoms with E-state index in [2.05, 4.69) is 4.74 Å². The maximum Gasteiger partial charge on any atom is 0.310 e. The van der Waals surface area contributed by atoms with Crippen molar-refractivity contribution in [3.63, 3.8) is 0 Å². The molecule has 0 aromatic heterocycles. The molecule has 2 N–H and O–H groups in total. The molecule has 1 amide bonds. The number of carbonyl (C=O) groups is 2. The van der Waals surface area contributed by atoms with Crippen molar-refractivity contribution >= 4 is 23.5 Å². The summed E-state index contributed by atoms with van der Waals surface area (Å²) in [5.41, 5.74) is 4.85. The van der Waals surface area contributed by atoms with Crippen LogP contribution in [0.25, 0.3) is 0 Å². The molecule has 2 atom stereocenters. The molecule has 0 radical (unpaired) electrons. The number of ether oxygens (including phenoxy) is 1. The molecule has 11 heavy (non-hydrogen) atoms. The Morgan fingerprint density at radius 1 is 1.55 bits per heavy atom. The lowest BCUT2D eigenvalue weighted by Crippen LogP contribution is -2.34. The van der Waals surface area contributed by atoms with Gasteiger partial charge in [-0.3, -0.25) is 9.59 Å². The lowest BCUT2D eigenvalue weighted by Gasteiger charge is -2.11. The molecule has 0 heterocycles. The normalized spacial score (nSPS) is 15.2. The fraction of sp³-hybridized carbons (Fsp3) is 0.667. The monoisotopic (exact) mass is 179 g/mol. The number of carbonyl (C=O) groups excluding carboxylic acids is 2. The van der Waals surface area contributed by atoms with Gasteiger partial charge in [0.1, 0.15) is 5.38 Å². The third-order valence-electron chi connectivity index (χ3n) is 1.28. The van der Waals surface area contributed by atoms with Crippen LogP contribution in [0.5, 0.6) is 0 Å². The Labute approximate surface area is 69.6 Å². The van der Waals surface area contributed by atoms with Gasteiger partial charge >= 0.3 is 5.97 Å². The van der Waals surface area contributed by atoms with Gasteiger partial charge in [-0.15, -0.1) is 11.6 Å². The predicted molar refractivity (Wildman–Crippen MR) is 40.0 cm³/mol. The number of nitrogens with two attached hydrogens (primary N) is 1. The summed E-state index contributed by atoms with van der Waals surface area (Å²) in [6.45, 7) is 1.48. The summed E-state index contributed by atoms with van der Waals surface area (Å²) in [5.74, 6) is -1.95. The summed E-state index contributed by atoms with van der Waals surface area (Å²) in [5, 5.41) is -0.998. The highest BCUT2D eigenvalue weighted by molar-refractivity contribution is 6.31. The van der Waals surface area contributed by atoms with Crippen LogP contribution in [0, 0.1) is 5.92 Å². The van der Waals surface area contributed by atoms with Crippen molar-refractivity contribution in [2.45, 2.75) is 12.3 Å². The highest BCUT2D eigenvalue weighted by Crippen LogP contribution is 2.10. The molecular weight excluding hydrogens is 170 g/mol. The number of rotatable bonds is 3. The lowest BCUT2D eigenvalue weighted by atomic mass is 10.1. The second-order valence-corrected chi connectivity index (χ2v) is 2.59. The Morgan fingerprint density at radius 2 is 2.00 bits per heavy atom. The Bertz CT molecular complexity index is 171. The van der Waals surface area contributed by atoms with Crippen LogP contribution in [0.2, 0.25) is 0 Å². The topological polar surface area (TPSA) is 69.4 Å². The van der Waals surface area contributed by atoms with Gasteiger partial charge in [0.25, 0.3) is 0 Å². The van der Waals surface area contributed by atoms with E-state index in [4.69, 9.17) is 17.3 Å². The maximum atomic E-state index is 10.7. The van der Waals surface area contributed by atoms with E-state index in [0.717, 1.165) is 0 Å². The predicted octanol–water partition coefficient (Wildman–Crippen LogP) is -0.112. The minimum Gasteiger partial charge on any atom is -0.469 e. The molecule has 4 nitrogen and oxygen atoms in total. The second-order valence-electron chi connectivity index (χ2n) is 2.12. The van der Waals surface area contributed by atoms with Gasteiger partial charge in [-0.05, 0) is 6.92 Å². The van der Waals surface area contributed by atoms with Gasteiger partial charge in [0.05, 0.1) is 13.0 Å². The third-order valence-corrected chi connectivity index (χ3v) is 1.88. The average Bonchev–Trinajstić information content (AvgIpc) is 2.00. The zero-order valence-electron chi connectivity index (χ0n) is 6.33. The molecular formula is C6H10ClNO3. The number of alkyl halides is 1. The van der Waals surface area contributed by atoms with Gasteiger partial charge in [-0.2, -0.15) is 0 Å². The standard InChI is InChI=1S/C6H10ClNO3/c1-3(6(10)11-2)4(7)5(8)9/h3-4H,1-2H3,(H2,8,9). The molecule has 0 fully saturated rings. The first-order valence-electron chi connectivity index (χ1n) is 3.02. The van der Waals surface area contributed by atoms with Crippen molar-refractivity contribution in [1.82, 2.24) is 0 Å². The fourth-order valence-corrected chi connectivity index (χ4v) is 0.655. The van der Waals surface area contributed by atoms with Gasteiger partial charge in [0.2, 0.25) is 5.91 Å². The summed E-state index contributed by atoms with van der Waals surface area (Å²) in [4.78, 5) is 21.2. The number of amides is 1. The maximum absolute atomic E-state index is 10.7. The zero-order valence-corrected chi connectivity index (χ0v) is 7.09. The van der Waals surface area contributed by atoms with Crippen LogP contribution < -0.4 is 5.73 Å². The van der Waals surface area contributed by atoms with Gasteiger partial charge in [0, 0.05) is 0 Å². The van der Waals surface area contributed by atoms with Crippen molar-refractivity contribution in [2.75, 3.05) is 7.11 Å². The van der Waals surface area contributed by atoms with Crippen LogP contribution in [-0.2, 0) is 14.3 Å². The summed E-state index contributed by atoms with van der Waals surface area (Å²) < 4.78 is 4.35. The van der Waals surface area contributed by atoms with E-state index in [9.17, 15) is 9.59 Å². The Morgan fingerprint density at radius 3 is 2.27 bits per heavy atom. The zero-order chi connectivity index (χ0) is 9.02. The van der Waals surface area contributed by atoms with E-state index in [1.807, 2.05) is 0 Å². The van der Waals surface area contributed by atoms with Crippen LogP contribution in [-0.4, -0.2) is 24.4 Å². The molecule has 0 spiro atoms. The van der Waals surface area contributed by atoms with Gasteiger partial charge < -0.3 is 10.5 Å². The van der Waals surface area contributed by atoms with Crippen LogP contribution in [0.15, 0.2) is 0 Å². The first-order chi connectivity index (χ1) is 5.00. The van der Waals surface area contributed by atoms with Crippen LogP contribution in [0.3, 0.4) is 0 Å². The largest absolute Gasteiger partial charge is 0.469 e. The Hall–Kier alpha value is -0.770. The highest BCUT2D eigenvalue weighted by Gasteiger charge is 2.26. The second kappa shape index (κ2) is 4.18. The van der Waals surface area contributed by atoms with E-state index in [1.54, 1.807) is 0 Å². The van der Waals surface area contributed by atoms with Crippen LogP contribution in [0.4, 0.5) is 0 Å². The summed E-state index contributed by atoms with van der Waals surface area (Å²) in [6.07, 6.45) is 0. The minimum atomic E-state index is -0.998. The molecule has 0 aromatic rings. The van der Waals surface area contributed by atoms with E-state index in [1.165, 1.54) is 14.0 Å². The van der Waals surface area contributed by atoms with Crippen molar-refractivity contribution in [1.29, 1.82) is 0 Å². The number of methoxy groups -OCH3 is 1. The Kier molecular flexibility index (Phi) is 3.89. The molecule has 0 bridgehead atoms. The van der Waals surface area contributed by atoms with Crippen molar-refractivity contribution in [3.8, 4) is 0 Å². The third kappa shape index (κ3) is 2.76. The molecule has 0 aliphatic heterocycles. The molecule has 2 unspecified atom stereocenters. The van der Waals surface area contributed by atoms with Crippen molar-refractivity contribution in [2.24, 2.45) is 11.7 Å². The summed E-state index contributed by atoms with van der Waals surface area (Å²) in [7, 11) is 1.23. The smallest absolute Gasteiger partial charge is 0.310 e. The number of primary amides is 1. The average molecular weight is 180 g/mol. The van der Waals surface area contributed by atoms with Crippen molar-refractivity contribution < 1.29 is 14.3 Å². The molecule has 5 heteroatoms. The van der Waals surface area contributed by atoms with Gasteiger partial charge in [-0.1, -0.05) is 0 Å². The Balaban J connectivity index is 4.12. The first-order valence-corrected chi connectivity index (χ1v) is 3.45. The number of esters is 1. The van der Waals surface area contributed by atoms with Gasteiger partial charge in [-0.25, -0.2) is 0 Å². The quantitative estimate of drug-likeness (QED) is 0.486. The summed E-state index contributed by atoms with van der Waals surface area (Å²) >= 11 is 5.46. The molecule has 0 saturated carbocycles. The number of hydrogen-bond acceptors (Lipinski definition) is 3. The van der Waals surface area contributed by atoms with Crippen LogP contribution >= 0.6 is 11.6 Å². The molecule has 0 aromatic carbocycles. The SMILES string of the molecule is COC(=O)C(C)C(Cl)C(N)=O.